The first-order valence-electron chi connectivity index (χ1n) is 6.44. The van der Waals surface area contributed by atoms with E-state index in [9.17, 15) is 24.8 Å². The zero-order valence-corrected chi connectivity index (χ0v) is 12.1. The quantitative estimate of drug-likeness (QED) is 0.513. The van der Waals surface area contributed by atoms with E-state index in [0.717, 1.165) is 16.7 Å². The fourth-order valence-electron chi connectivity index (χ4n) is 2.28. The standard InChI is InChI=1S/C13H11N5O5/c1-16-11-9(12(20)17(2)13(16)21)14-10(15-11)6-3-4-8(19)7(5-6)18(22)23/h3-5,19H,1-2H3,(H,14,15). The molecular weight excluding hydrogens is 306 g/mol. The van der Waals surface area contributed by atoms with Gasteiger partial charge < -0.3 is 10.1 Å². The lowest BCUT2D eigenvalue weighted by Gasteiger charge is -2.00. The number of phenolic OH excluding ortho intramolecular Hbond substituents is 1. The predicted octanol–water partition coefficient (Wildman–Crippen LogP) is 0.241. The average Bonchev–Trinajstić information content (AvgIpc) is 2.96. The Kier molecular flexibility index (Phi) is 3.03. The number of hydrogen-bond acceptors (Lipinski definition) is 6. The van der Waals surface area contributed by atoms with Gasteiger partial charge >= 0.3 is 11.4 Å². The highest BCUT2D eigenvalue weighted by atomic mass is 16.6. The van der Waals surface area contributed by atoms with Gasteiger partial charge in [-0.05, 0) is 12.1 Å². The first kappa shape index (κ1) is 14.5. The molecule has 3 rings (SSSR count). The van der Waals surface area contributed by atoms with Gasteiger partial charge in [0.1, 0.15) is 11.3 Å². The van der Waals surface area contributed by atoms with Gasteiger partial charge in [0, 0.05) is 25.7 Å². The molecule has 0 spiro atoms. The number of rotatable bonds is 2. The van der Waals surface area contributed by atoms with E-state index in [-0.39, 0.29) is 17.0 Å². The number of fused-ring (bicyclic) bond motifs is 1. The van der Waals surface area contributed by atoms with E-state index in [0.29, 0.717) is 5.56 Å². The van der Waals surface area contributed by atoms with Crippen molar-refractivity contribution >= 4 is 16.9 Å². The highest BCUT2D eigenvalue weighted by Gasteiger charge is 2.18. The third-order valence-corrected chi connectivity index (χ3v) is 3.54. The number of nitrogens with zero attached hydrogens (tertiary/aromatic N) is 4. The number of phenols is 1. The van der Waals surface area contributed by atoms with E-state index in [4.69, 9.17) is 0 Å². The smallest absolute Gasteiger partial charge is 0.332 e. The molecule has 3 aromatic rings. The number of aromatic nitrogens is 4. The molecule has 0 fully saturated rings. The summed E-state index contributed by atoms with van der Waals surface area (Å²) in [6.45, 7) is 0. The van der Waals surface area contributed by atoms with Gasteiger partial charge in [-0.25, -0.2) is 9.78 Å². The van der Waals surface area contributed by atoms with Crippen LogP contribution in [-0.2, 0) is 14.1 Å². The molecule has 0 amide bonds. The highest BCUT2D eigenvalue weighted by molar-refractivity contribution is 5.76. The third kappa shape index (κ3) is 2.08. The van der Waals surface area contributed by atoms with Crippen molar-refractivity contribution in [1.82, 2.24) is 19.1 Å². The minimum absolute atomic E-state index is 0.111. The number of nitro groups is 1. The Labute approximate surface area is 127 Å². The van der Waals surface area contributed by atoms with Crippen molar-refractivity contribution in [1.29, 1.82) is 0 Å². The number of aromatic hydroxyl groups is 1. The minimum atomic E-state index is -0.726. The Hall–Kier alpha value is -3.43. The van der Waals surface area contributed by atoms with Crippen molar-refractivity contribution in [3.05, 3.63) is 49.2 Å². The van der Waals surface area contributed by atoms with Gasteiger partial charge in [-0.2, -0.15) is 0 Å². The maximum atomic E-state index is 12.1. The molecule has 118 valence electrons. The molecule has 0 unspecified atom stereocenters. The summed E-state index contributed by atoms with van der Waals surface area (Å²) in [6, 6.07) is 3.72. The molecule has 0 aliphatic carbocycles. The van der Waals surface area contributed by atoms with Gasteiger partial charge in [0.2, 0.25) is 0 Å². The number of H-pyrrole nitrogens is 1. The lowest BCUT2D eigenvalue weighted by molar-refractivity contribution is -0.385. The summed E-state index contributed by atoms with van der Waals surface area (Å²) in [5.74, 6) is -0.292. The molecule has 2 aromatic heterocycles. The SMILES string of the molecule is Cn1c(=O)c2[nH]c(-c3ccc(O)c([N+](=O)[O-])c3)nc2n(C)c1=O. The van der Waals surface area contributed by atoms with Crippen molar-refractivity contribution in [2.24, 2.45) is 14.1 Å². The molecule has 23 heavy (non-hydrogen) atoms. The summed E-state index contributed by atoms with van der Waals surface area (Å²) < 4.78 is 2.13. The number of nitro benzene ring substituents is 1. The lowest BCUT2D eigenvalue weighted by Crippen LogP contribution is -2.36. The molecule has 0 saturated carbocycles. The van der Waals surface area contributed by atoms with Crippen LogP contribution in [0.5, 0.6) is 5.75 Å². The van der Waals surface area contributed by atoms with Crippen LogP contribution in [0.4, 0.5) is 5.69 Å². The van der Waals surface area contributed by atoms with Gasteiger partial charge in [0.05, 0.1) is 4.92 Å². The van der Waals surface area contributed by atoms with Gasteiger partial charge in [0.25, 0.3) is 5.56 Å². The summed E-state index contributed by atoms with van der Waals surface area (Å²) in [4.78, 5) is 41.1. The monoisotopic (exact) mass is 317 g/mol. The molecule has 1 aromatic carbocycles. The van der Waals surface area contributed by atoms with E-state index in [1.165, 1.54) is 24.7 Å². The molecule has 0 aliphatic rings. The summed E-state index contributed by atoms with van der Waals surface area (Å²) in [5.41, 5.74) is -0.999. The van der Waals surface area contributed by atoms with Gasteiger partial charge in [-0.1, -0.05) is 0 Å². The number of imidazole rings is 1. The lowest BCUT2D eigenvalue weighted by atomic mass is 10.2. The molecule has 10 nitrogen and oxygen atoms in total. The third-order valence-electron chi connectivity index (χ3n) is 3.54. The van der Waals surface area contributed by atoms with Crippen molar-refractivity contribution < 1.29 is 10.0 Å². The molecule has 0 radical (unpaired) electrons. The van der Waals surface area contributed by atoms with Crippen LogP contribution in [0.2, 0.25) is 0 Å². The Morgan fingerprint density at radius 3 is 2.61 bits per heavy atom. The van der Waals surface area contributed by atoms with Crippen LogP contribution < -0.4 is 11.2 Å². The zero-order chi connectivity index (χ0) is 16.9. The highest BCUT2D eigenvalue weighted by Crippen LogP contribution is 2.30. The van der Waals surface area contributed by atoms with Crippen molar-refractivity contribution in [3.63, 3.8) is 0 Å². The van der Waals surface area contributed by atoms with Crippen LogP contribution in [0.25, 0.3) is 22.6 Å². The second-order valence-electron chi connectivity index (χ2n) is 4.95. The minimum Gasteiger partial charge on any atom is -0.502 e. The molecule has 0 bridgehead atoms. The maximum absolute atomic E-state index is 12.1. The zero-order valence-electron chi connectivity index (χ0n) is 12.1. The first-order chi connectivity index (χ1) is 10.8. The maximum Gasteiger partial charge on any atom is 0.332 e. The average molecular weight is 317 g/mol. The topological polar surface area (TPSA) is 136 Å². The molecule has 0 aliphatic heterocycles. The number of benzene rings is 1. The number of aromatic amines is 1. The fourth-order valence-corrected chi connectivity index (χ4v) is 2.28. The largest absolute Gasteiger partial charge is 0.502 e. The van der Waals surface area contributed by atoms with Crippen LogP contribution in [0.3, 0.4) is 0 Å². The van der Waals surface area contributed by atoms with Gasteiger partial charge in [-0.3, -0.25) is 24.0 Å². The van der Waals surface area contributed by atoms with E-state index >= 15 is 0 Å². The molecular formula is C13H11N5O5. The van der Waals surface area contributed by atoms with Crippen LogP contribution >= 0.6 is 0 Å². The van der Waals surface area contributed by atoms with Crippen LogP contribution in [0.1, 0.15) is 0 Å². The normalized spacial score (nSPS) is 11.0. The summed E-state index contributed by atoms with van der Waals surface area (Å²) in [7, 11) is 2.81. The van der Waals surface area contributed by atoms with Gasteiger partial charge in [0.15, 0.2) is 11.4 Å². The van der Waals surface area contributed by atoms with Crippen molar-refractivity contribution in [2.45, 2.75) is 0 Å². The second kappa shape index (κ2) is 4.80. The summed E-state index contributed by atoms with van der Waals surface area (Å²) in [6.07, 6.45) is 0. The van der Waals surface area contributed by atoms with E-state index < -0.39 is 27.6 Å². The number of aryl methyl sites for hydroxylation is 1. The van der Waals surface area contributed by atoms with Gasteiger partial charge in [-0.15, -0.1) is 0 Å². The summed E-state index contributed by atoms with van der Waals surface area (Å²) >= 11 is 0. The molecule has 10 heteroatoms. The van der Waals surface area contributed by atoms with E-state index in [1.807, 2.05) is 0 Å². The number of nitrogens with one attached hydrogen (secondary N) is 1. The van der Waals surface area contributed by atoms with E-state index in [2.05, 4.69) is 9.97 Å². The predicted molar refractivity (Wildman–Crippen MR) is 80.3 cm³/mol. The molecule has 0 saturated heterocycles. The fraction of sp³-hybridized carbons (Fsp3) is 0.154. The Morgan fingerprint density at radius 1 is 1.26 bits per heavy atom. The Morgan fingerprint density at radius 2 is 1.96 bits per heavy atom. The van der Waals surface area contributed by atoms with E-state index in [1.54, 1.807) is 0 Å². The van der Waals surface area contributed by atoms with Crippen LogP contribution in [0, 0.1) is 10.1 Å². The molecule has 0 atom stereocenters. The Bertz CT molecular complexity index is 1070. The summed E-state index contributed by atoms with van der Waals surface area (Å²) in [5, 5.41) is 20.4. The second-order valence-corrected chi connectivity index (χ2v) is 4.95. The van der Waals surface area contributed by atoms with Crippen molar-refractivity contribution in [2.75, 3.05) is 0 Å². The number of hydrogen-bond donors (Lipinski definition) is 2. The Balaban J connectivity index is 2.31. The van der Waals surface area contributed by atoms with Crippen molar-refractivity contribution in [3.8, 4) is 17.1 Å². The first-order valence-corrected chi connectivity index (χ1v) is 6.44. The molecule has 2 heterocycles. The van der Waals surface area contributed by atoms with Crippen LogP contribution in [0.15, 0.2) is 27.8 Å². The van der Waals surface area contributed by atoms with Crippen LogP contribution in [-0.4, -0.2) is 29.1 Å². The molecule has 2 N–H and O–H groups in total.